The second kappa shape index (κ2) is 5.17. The summed E-state index contributed by atoms with van der Waals surface area (Å²) < 4.78 is 1.91. The monoisotopic (exact) mass is 283 g/mol. The number of piperidine rings is 1. The zero-order valence-corrected chi connectivity index (χ0v) is 12.2. The summed E-state index contributed by atoms with van der Waals surface area (Å²) >= 11 is 0. The van der Waals surface area contributed by atoms with Crippen LogP contribution in [0.5, 0.6) is 0 Å². The Morgan fingerprint density at radius 1 is 1.14 bits per heavy atom. The number of fused-ring (bicyclic) bond motifs is 2. The van der Waals surface area contributed by atoms with Crippen molar-refractivity contribution in [2.45, 2.75) is 44.6 Å². The smallest absolute Gasteiger partial charge is 0.170 e. The number of anilines is 1. The summed E-state index contributed by atoms with van der Waals surface area (Å²) in [5, 5.41) is 0. The maximum absolute atomic E-state index is 11.6. The van der Waals surface area contributed by atoms with Gasteiger partial charge in [-0.2, -0.15) is 0 Å². The maximum atomic E-state index is 11.6. The Hall–Kier alpha value is -1.84. The van der Waals surface area contributed by atoms with Gasteiger partial charge in [0.15, 0.2) is 12.1 Å². The average molecular weight is 283 g/mol. The normalized spacial score (nSPS) is 25.8. The molecule has 0 radical (unpaired) electrons. The van der Waals surface area contributed by atoms with E-state index in [1.165, 1.54) is 38.5 Å². The van der Waals surface area contributed by atoms with Gasteiger partial charge in [0.2, 0.25) is 0 Å². The lowest BCUT2D eigenvalue weighted by atomic mass is 9.78. The van der Waals surface area contributed by atoms with Gasteiger partial charge in [-0.1, -0.05) is 18.9 Å². The molecule has 1 saturated heterocycles. The second-order valence-corrected chi connectivity index (χ2v) is 6.31. The molecule has 0 bridgehead atoms. The Bertz CT molecular complexity index is 661. The summed E-state index contributed by atoms with van der Waals surface area (Å²) in [7, 11) is 0. The number of carbonyl (C=O) groups excluding carboxylic acids is 1. The summed E-state index contributed by atoms with van der Waals surface area (Å²) in [4.78, 5) is 18.8. The molecule has 4 heteroatoms. The van der Waals surface area contributed by atoms with Crippen LogP contribution in [-0.4, -0.2) is 28.3 Å². The van der Waals surface area contributed by atoms with Gasteiger partial charge in [0, 0.05) is 18.8 Å². The van der Waals surface area contributed by atoms with E-state index in [1.807, 2.05) is 28.8 Å². The summed E-state index contributed by atoms with van der Waals surface area (Å²) in [6.45, 7) is 1.03. The molecule has 1 saturated carbocycles. The van der Waals surface area contributed by atoms with Crippen LogP contribution in [0.4, 0.5) is 5.82 Å². The number of imidazole rings is 1. The molecule has 2 aromatic rings. The standard InChI is InChI=1S/C17H21N3O/c21-12-15-17(18-16-9-3-4-10-19(15)16)20-11-5-7-13-6-1-2-8-14(13)20/h3-4,9-10,12-14H,1-2,5-8,11H2/t13-,14-/m1/s1. The molecule has 2 fully saturated rings. The van der Waals surface area contributed by atoms with Crippen molar-refractivity contribution in [3.8, 4) is 0 Å². The molecule has 4 rings (SSSR count). The van der Waals surface area contributed by atoms with Gasteiger partial charge in [0.05, 0.1) is 0 Å². The fourth-order valence-corrected chi connectivity index (χ4v) is 4.21. The van der Waals surface area contributed by atoms with Gasteiger partial charge >= 0.3 is 0 Å². The molecular weight excluding hydrogens is 262 g/mol. The number of hydrogen-bond acceptors (Lipinski definition) is 3. The first kappa shape index (κ1) is 12.9. The van der Waals surface area contributed by atoms with Gasteiger partial charge in [-0.05, 0) is 43.7 Å². The van der Waals surface area contributed by atoms with Crippen molar-refractivity contribution in [3.63, 3.8) is 0 Å². The van der Waals surface area contributed by atoms with E-state index in [-0.39, 0.29) is 0 Å². The lowest BCUT2D eigenvalue weighted by Crippen LogP contribution is -2.47. The molecule has 0 amide bonds. The number of rotatable bonds is 2. The van der Waals surface area contributed by atoms with E-state index >= 15 is 0 Å². The van der Waals surface area contributed by atoms with Crippen LogP contribution in [0.2, 0.25) is 0 Å². The summed E-state index contributed by atoms with van der Waals surface area (Å²) in [5.74, 6) is 1.68. The van der Waals surface area contributed by atoms with Crippen molar-refractivity contribution < 1.29 is 4.79 Å². The van der Waals surface area contributed by atoms with Gasteiger partial charge in [-0.25, -0.2) is 4.98 Å². The van der Waals surface area contributed by atoms with E-state index in [1.54, 1.807) is 0 Å². The van der Waals surface area contributed by atoms with Crippen LogP contribution >= 0.6 is 0 Å². The summed E-state index contributed by atoms with van der Waals surface area (Å²) in [6.07, 6.45) is 10.7. The minimum absolute atomic E-state index is 0.580. The molecule has 21 heavy (non-hydrogen) atoms. The number of nitrogens with zero attached hydrogens (tertiary/aromatic N) is 3. The molecule has 0 N–H and O–H groups in total. The van der Waals surface area contributed by atoms with Crippen LogP contribution < -0.4 is 4.90 Å². The predicted octanol–water partition coefficient (Wildman–Crippen LogP) is 3.31. The molecule has 2 aromatic heterocycles. The molecule has 0 spiro atoms. The highest BCUT2D eigenvalue weighted by Gasteiger charge is 2.35. The zero-order valence-electron chi connectivity index (χ0n) is 12.2. The second-order valence-electron chi connectivity index (χ2n) is 6.31. The highest BCUT2D eigenvalue weighted by molar-refractivity contribution is 5.83. The van der Waals surface area contributed by atoms with Crippen LogP contribution in [-0.2, 0) is 0 Å². The lowest BCUT2D eigenvalue weighted by Gasteiger charge is -2.44. The third-order valence-electron chi connectivity index (χ3n) is 5.17. The van der Waals surface area contributed by atoms with E-state index in [9.17, 15) is 4.79 Å². The molecule has 2 aliphatic rings. The number of aldehydes is 1. The van der Waals surface area contributed by atoms with Gasteiger partial charge in [0.25, 0.3) is 0 Å². The van der Waals surface area contributed by atoms with E-state index in [2.05, 4.69) is 4.90 Å². The van der Waals surface area contributed by atoms with Crippen LogP contribution in [0.15, 0.2) is 24.4 Å². The van der Waals surface area contributed by atoms with Gasteiger partial charge < -0.3 is 4.90 Å². The first-order valence-electron chi connectivity index (χ1n) is 8.07. The van der Waals surface area contributed by atoms with E-state index < -0.39 is 0 Å². The highest BCUT2D eigenvalue weighted by Crippen LogP contribution is 2.38. The van der Waals surface area contributed by atoms with Crippen molar-refractivity contribution in [1.82, 2.24) is 9.38 Å². The largest absolute Gasteiger partial charge is 0.351 e. The van der Waals surface area contributed by atoms with E-state index in [0.29, 0.717) is 11.7 Å². The quantitative estimate of drug-likeness (QED) is 0.794. The molecule has 0 aromatic carbocycles. The van der Waals surface area contributed by atoms with Crippen LogP contribution in [0.1, 0.15) is 49.0 Å². The Morgan fingerprint density at radius 3 is 2.90 bits per heavy atom. The maximum Gasteiger partial charge on any atom is 0.170 e. The van der Waals surface area contributed by atoms with Gasteiger partial charge in [-0.3, -0.25) is 9.20 Å². The molecule has 110 valence electrons. The minimum Gasteiger partial charge on any atom is -0.351 e. The SMILES string of the molecule is O=Cc1c(N2CCC[C@H]3CCCC[C@H]32)nc2ccccn12. The van der Waals surface area contributed by atoms with Gasteiger partial charge in [-0.15, -0.1) is 0 Å². The van der Waals surface area contributed by atoms with Gasteiger partial charge in [0.1, 0.15) is 11.3 Å². The van der Waals surface area contributed by atoms with Crippen LogP contribution in [0.3, 0.4) is 0 Å². The van der Waals surface area contributed by atoms with E-state index in [4.69, 9.17) is 4.98 Å². The van der Waals surface area contributed by atoms with Crippen molar-refractivity contribution >= 4 is 17.8 Å². The summed E-state index contributed by atoms with van der Waals surface area (Å²) in [5.41, 5.74) is 1.57. The number of pyridine rings is 1. The number of aromatic nitrogens is 2. The first-order chi connectivity index (χ1) is 10.4. The third-order valence-corrected chi connectivity index (χ3v) is 5.17. The molecule has 4 nitrogen and oxygen atoms in total. The zero-order chi connectivity index (χ0) is 14.2. The molecule has 1 aliphatic heterocycles. The van der Waals surface area contributed by atoms with Crippen LogP contribution in [0, 0.1) is 5.92 Å². The molecule has 0 unspecified atom stereocenters. The highest BCUT2D eigenvalue weighted by atomic mass is 16.1. The predicted molar refractivity (Wildman–Crippen MR) is 82.9 cm³/mol. The fourth-order valence-electron chi connectivity index (χ4n) is 4.21. The van der Waals surface area contributed by atoms with Crippen molar-refractivity contribution in [1.29, 1.82) is 0 Å². The third kappa shape index (κ3) is 2.04. The Morgan fingerprint density at radius 2 is 2.00 bits per heavy atom. The molecule has 1 aliphatic carbocycles. The topological polar surface area (TPSA) is 37.6 Å². The minimum atomic E-state index is 0.580. The fraction of sp³-hybridized carbons (Fsp3) is 0.529. The number of carbonyl (C=O) groups is 1. The van der Waals surface area contributed by atoms with Crippen molar-refractivity contribution in [2.24, 2.45) is 5.92 Å². The average Bonchev–Trinajstić information content (AvgIpc) is 2.92. The molecular formula is C17H21N3O. The molecule has 2 atom stereocenters. The Balaban J connectivity index is 1.79. The van der Waals surface area contributed by atoms with E-state index in [0.717, 1.165) is 30.2 Å². The Labute approximate surface area is 124 Å². The Kier molecular flexibility index (Phi) is 3.17. The molecule has 3 heterocycles. The van der Waals surface area contributed by atoms with Crippen LogP contribution in [0.25, 0.3) is 5.65 Å². The van der Waals surface area contributed by atoms with Crippen molar-refractivity contribution in [3.05, 3.63) is 30.1 Å². The first-order valence-corrected chi connectivity index (χ1v) is 8.07. The number of hydrogen-bond donors (Lipinski definition) is 0. The summed E-state index contributed by atoms with van der Waals surface area (Å²) in [6, 6.07) is 6.47. The van der Waals surface area contributed by atoms with Crippen molar-refractivity contribution in [2.75, 3.05) is 11.4 Å². The lowest BCUT2D eigenvalue weighted by molar-refractivity contribution is 0.111.